The van der Waals surface area contributed by atoms with Crippen LogP contribution in [-0.2, 0) is 14.8 Å². The topological polar surface area (TPSA) is 95.2 Å². The molecule has 3 rings (SSSR count). The third-order valence-corrected chi connectivity index (χ3v) is 6.87. The molecule has 2 N–H and O–H groups in total. The summed E-state index contributed by atoms with van der Waals surface area (Å²) >= 11 is 5.94. The van der Waals surface area contributed by atoms with Crippen LogP contribution in [-0.4, -0.2) is 41.9 Å². The number of carbonyl (C=O) groups is 1. The summed E-state index contributed by atoms with van der Waals surface area (Å²) in [4.78, 5) is 12.8. The summed E-state index contributed by atoms with van der Waals surface area (Å²) in [6.07, 6.45) is 1.27. The zero-order valence-corrected chi connectivity index (χ0v) is 16.2. The van der Waals surface area contributed by atoms with Crippen molar-refractivity contribution in [3.05, 3.63) is 40.7 Å². The maximum absolute atomic E-state index is 13.0. The highest BCUT2D eigenvalue weighted by molar-refractivity contribution is 7.89. The minimum atomic E-state index is -3.69. The van der Waals surface area contributed by atoms with Gasteiger partial charge in [-0.3, -0.25) is 9.89 Å². The van der Waals surface area contributed by atoms with Crippen molar-refractivity contribution in [3.63, 3.8) is 0 Å². The summed E-state index contributed by atoms with van der Waals surface area (Å²) in [6, 6.07) is 6.88. The quantitative estimate of drug-likeness (QED) is 0.830. The zero-order valence-electron chi connectivity index (χ0n) is 14.6. The number of nitrogens with zero attached hydrogens (tertiary/aromatic N) is 2. The Labute approximate surface area is 157 Å². The number of amides is 1. The standard InChI is InChI=1S/C17H21ClN4O3S/c1-11-16(12(2)21-20-11)26(24,25)22-8-4-5-13(10-22)17(23)19-15-7-3-6-14(18)9-15/h3,6-7,9,13H,4-5,8,10H2,1-2H3,(H,19,23)(H,20,21). The average Bonchev–Trinajstić information content (AvgIpc) is 2.94. The summed E-state index contributed by atoms with van der Waals surface area (Å²) in [6.45, 7) is 3.88. The Balaban J connectivity index is 1.76. The van der Waals surface area contributed by atoms with Crippen molar-refractivity contribution in [1.82, 2.24) is 14.5 Å². The van der Waals surface area contributed by atoms with Crippen LogP contribution in [0.1, 0.15) is 24.2 Å². The molecule has 1 aliphatic rings. The van der Waals surface area contributed by atoms with Crippen molar-refractivity contribution < 1.29 is 13.2 Å². The lowest BCUT2D eigenvalue weighted by molar-refractivity contribution is -0.120. The molecule has 0 radical (unpaired) electrons. The van der Waals surface area contributed by atoms with Crippen LogP contribution in [0.15, 0.2) is 29.2 Å². The maximum atomic E-state index is 13.0. The number of rotatable bonds is 4. The Morgan fingerprint density at radius 3 is 2.81 bits per heavy atom. The number of aromatic amines is 1. The van der Waals surface area contributed by atoms with E-state index in [1.54, 1.807) is 38.1 Å². The van der Waals surface area contributed by atoms with Crippen molar-refractivity contribution in [2.75, 3.05) is 18.4 Å². The van der Waals surface area contributed by atoms with Crippen molar-refractivity contribution in [1.29, 1.82) is 0 Å². The normalized spacial score (nSPS) is 18.7. The van der Waals surface area contributed by atoms with Crippen molar-refractivity contribution in [2.24, 2.45) is 5.92 Å². The van der Waals surface area contributed by atoms with Gasteiger partial charge in [-0.25, -0.2) is 8.42 Å². The van der Waals surface area contributed by atoms with E-state index in [4.69, 9.17) is 11.6 Å². The number of hydrogen-bond donors (Lipinski definition) is 2. The van der Waals surface area contributed by atoms with Crippen LogP contribution in [0, 0.1) is 19.8 Å². The minimum absolute atomic E-state index is 0.152. The van der Waals surface area contributed by atoms with E-state index >= 15 is 0 Å². The number of carbonyl (C=O) groups excluding carboxylic acids is 1. The van der Waals surface area contributed by atoms with Gasteiger partial charge in [0.05, 0.1) is 17.3 Å². The average molecular weight is 397 g/mol. The minimum Gasteiger partial charge on any atom is -0.326 e. The van der Waals surface area contributed by atoms with E-state index in [1.165, 1.54) is 4.31 Å². The molecule has 26 heavy (non-hydrogen) atoms. The van der Waals surface area contributed by atoms with Gasteiger partial charge in [-0.2, -0.15) is 9.40 Å². The predicted octanol–water partition coefficient (Wildman–Crippen LogP) is 2.72. The first-order valence-electron chi connectivity index (χ1n) is 8.37. The number of aryl methyl sites for hydroxylation is 2. The van der Waals surface area contributed by atoms with Crippen LogP contribution in [0.5, 0.6) is 0 Å². The van der Waals surface area contributed by atoms with E-state index in [1.807, 2.05) is 0 Å². The molecule has 7 nitrogen and oxygen atoms in total. The second-order valence-corrected chi connectivity index (χ2v) is 8.78. The lowest BCUT2D eigenvalue weighted by Crippen LogP contribution is -2.43. The summed E-state index contributed by atoms with van der Waals surface area (Å²) < 4.78 is 27.3. The molecule has 1 aromatic heterocycles. The molecule has 0 bridgehead atoms. The first-order valence-corrected chi connectivity index (χ1v) is 10.2. The summed E-state index contributed by atoms with van der Waals surface area (Å²) in [7, 11) is -3.69. The van der Waals surface area contributed by atoms with E-state index in [0.29, 0.717) is 41.5 Å². The molecule has 1 saturated heterocycles. The van der Waals surface area contributed by atoms with Gasteiger partial charge in [-0.05, 0) is 44.9 Å². The van der Waals surface area contributed by atoms with Crippen LogP contribution in [0.4, 0.5) is 5.69 Å². The number of anilines is 1. The molecule has 2 aromatic rings. The highest BCUT2D eigenvalue weighted by Gasteiger charge is 2.35. The second-order valence-electron chi connectivity index (χ2n) is 6.46. The number of halogens is 1. The van der Waals surface area contributed by atoms with Crippen molar-refractivity contribution >= 4 is 33.2 Å². The number of nitrogens with one attached hydrogen (secondary N) is 2. The molecule has 1 fully saturated rings. The third-order valence-electron chi connectivity index (χ3n) is 4.51. The molecular weight excluding hydrogens is 376 g/mol. The number of piperidine rings is 1. The molecule has 140 valence electrons. The molecule has 0 spiro atoms. The lowest BCUT2D eigenvalue weighted by atomic mass is 9.99. The molecule has 1 aliphatic heterocycles. The first-order chi connectivity index (χ1) is 12.3. The van der Waals surface area contributed by atoms with Gasteiger partial charge in [0.2, 0.25) is 15.9 Å². The van der Waals surface area contributed by atoms with E-state index in [0.717, 1.165) is 0 Å². The number of sulfonamides is 1. The highest BCUT2D eigenvalue weighted by atomic mass is 35.5. The first kappa shape index (κ1) is 18.9. The van der Waals surface area contributed by atoms with Gasteiger partial charge in [0.1, 0.15) is 4.90 Å². The SMILES string of the molecule is Cc1n[nH]c(C)c1S(=O)(=O)N1CCCC(C(=O)Nc2cccc(Cl)c2)C1. The molecule has 0 saturated carbocycles. The fraction of sp³-hybridized carbons (Fsp3) is 0.412. The van der Waals surface area contributed by atoms with Gasteiger partial charge in [0, 0.05) is 23.8 Å². The largest absolute Gasteiger partial charge is 0.326 e. The molecule has 9 heteroatoms. The predicted molar refractivity (Wildman–Crippen MR) is 99.6 cm³/mol. The van der Waals surface area contributed by atoms with Crippen LogP contribution in [0.25, 0.3) is 0 Å². The van der Waals surface area contributed by atoms with Crippen LogP contribution < -0.4 is 5.32 Å². The number of aromatic nitrogens is 2. The molecule has 1 aromatic carbocycles. The summed E-state index contributed by atoms with van der Waals surface area (Å²) in [5.74, 6) is -0.613. The number of H-pyrrole nitrogens is 1. The molecule has 1 amide bonds. The van der Waals surface area contributed by atoms with Crippen LogP contribution in [0.3, 0.4) is 0 Å². The molecule has 2 heterocycles. The van der Waals surface area contributed by atoms with Crippen LogP contribution in [0.2, 0.25) is 5.02 Å². The van der Waals surface area contributed by atoms with E-state index in [9.17, 15) is 13.2 Å². The Bertz CT molecular complexity index is 906. The van der Waals surface area contributed by atoms with E-state index in [-0.39, 0.29) is 17.3 Å². The monoisotopic (exact) mass is 396 g/mol. The van der Waals surface area contributed by atoms with Gasteiger partial charge >= 0.3 is 0 Å². The van der Waals surface area contributed by atoms with Gasteiger partial charge in [-0.15, -0.1) is 0 Å². The van der Waals surface area contributed by atoms with E-state index in [2.05, 4.69) is 15.5 Å². The molecular formula is C17H21ClN4O3S. The maximum Gasteiger partial charge on any atom is 0.246 e. The smallest absolute Gasteiger partial charge is 0.246 e. The molecule has 0 aliphatic carbocycles. The van der Waals surface area contributed by atoms with Gasteiger partial charge in [0.15, 0.2) is 0 Å². The zero-order chi connectivity index (χ0) is 18.9. The van der Waals surface area contributed by atoms with Crippen molar-refractivity contribution in [3.8, 4) is 0 Å². The van der Waals surface area contributed by atoms with Gasteiger partial charge < -0.3 is 5.32 Å². The fourth-order valence-corrected chi connectivity index (χ4v) is 5.28. The highest BCUT2D eigenvalue weighted by Crippen LogP contribution is 2.27. The Morgan fingerprint density at radius 2 is 2.15 bits per heavy atom. The number of benzene rings is 1. The van der Waals surface area contributed by atoms with Gasteiger partial charge in [-0.1, -0.05) is 17.7 Å². The number of hydrogen-bond acceptors (Lipinski definition) is 4. The third kappa shape index (κ3) is 3.77. The Kier molecular flexibility index (Phi) is 5.36. The summed E-state index contributed by atoms with van der Waals surface area (Å²) in [5.41, 5.74) is 1.55. The molecule has 1 atom stereocenters. The lowest BCUT2D eigenvalue weighted by Gasteiger charge is -2.31. The Hall–Kier alpha value is -1.90. The van der Waals surface area contributed by atoms with Crippen molar-refractivity contribution in [2.45, 2.75) is 31.6 Å². The second kappa shape index (κ2) is 7.38. The van der Waals surface area contributed by atoms with Crippen LogP contribution >= 0.6 is 11.6 Å². The molecule has 1 unspecified atom stereocenters. The van der Waals surface area contributed by atoms with Gasteiger partial charge in [0.25, 0.3) is 0 Å². The Morgan fingerprint density at radius 1 is 1.38 bits per heavy atom. The van der Waals surface area contributed by atoms with E-state index < -0.39 is 15.9 Å². The fourth-order valence-electron chi connectivity index (χ4n) is 3.24. The summed E-state index contributed by atoms with van der Waals surface area (Å²) in [5, 5.41) is 10.0.